The van der Waals surface area contributed by atoms with E-state index in [1.54, 1.807) is 13.8 Å². The van der Waals surface area contributed by atoms with E-state index in [9.17, 15) is 8.42 Å². The normalized spacial score (nSPS) is 11.6. The fourth-order valence-electron chi connectivity index (χ4n) is 1.76. The Morgan fingerprint density at radius 1 is 1.16 bits per heavy atom. The molecule has 0 atom stereocenters. The van der Waals surface area contributed by atoms with Crippen LogP contribution in [0.2, 0.25) is 0 Å². The second-order valence-electron chi connectivity index (χ2n) is 4.22. The van der Waals surface area contributed by atoms with Gasteiger partial charge in [-0.2, -0.15) is 0 Å². The number of aryl methyl sites for hydroxylation is 2. The summed E-state index contributed by atoms with van der Waals surface area (Å²) in [4.78, 5) is 0.103. The van der Waals surface area contributed by atoms with Crippen LogP contribution in [0.1, 0.15) is 24.5 Å². The Hall–Kier alpha value is -0.780. The Balaban J connectivity index is 2.75. The number of hydrogen-bond donors (Lipinski definition) is 0. The van der Waals surface area contributed by atoms with E-state index in [0.717, 1.165) is 17.5 Å². The Kier molecular flexibility index (Phi) is 6.10. The van der Waals surface area contributed by atoms with Crippen LogP contribution in [0.4, 0.5) is 0 Å². The average Bonchev–Trinajstić information content (AvgIpc) is 2.30. The summed E-state index contributed by atoms with van der Waals surface area (Å²) in [7, 11) is 1.63. The maximum Gasteiger partial charge on any atom is 0.261 e. The van der Waals surface area contributed by atoms with Crippen molar-refractivity contribution in [2.24, 2.45) is 0 Å². The van der Waals surface area contributed by atoms with Crippen LogP contribution in [0.5, 0.6) is 5.75 Å². The molecule has 0 aliphatic heterocycles. The van der Waals surface area contributed by atoms with Gasteiger partial charge < -0.3 is 9.47 Å². The number of halogens is 1. The Bertz CT molecular complexity index is 502. The molecule has 1 aromatic carbocycles. The lowest BCUT2D eigenvalue weighted by Crippen LogP contribution is -2.05. The third-order valence-electron chi connectivity index (χ3n) is 2.60. The Morgan fingerprint density at radius 3 is 2.21 bits per heavy atom. The van der Waals surface area contributed by atoms with Gasteiger partial charge in [-0.05, 0) is 44.0 Å². The quantitative estimate of drug-likeness (QED) is 0.574. The molecule has 0 saturated heterocycles. The maximum atomic E-state index is 11.3. The molecule has 0 aliphatic rings. The summed E-state index contributed by atoms with van der Waals surface area (Å²) in [5, 5.41) is 0. The molecule has 4 nitrogen and oxygen atoms in total. The lowest BCUT2D eigenvalue weighted by atomic mass is 10.1. The SMILES string of the molecule is CCOCCCOc1c(C)cc(S(=O)(=O)Cl)cc1C. The van der Waals surface area contributed by atoms with Crippen LogP contribution >= 0.6 is 10.7 Å². The maximum absolute atomic E-state index is 11.3. The molecule has 0 amide bonds. The van der Waals surface area contributed by atoms with E-state index in [-0.39, 0.29) is 4.90 Å². The van der Waals surface area contributed by atoms with Crippen molar-refractivity contribution >= 4 is 19.7 Å². The molecule has 0 aliphatic carbocycles. The van der Waals surface area contributed by atoms with Gasteiger partial charge in [0.2, 0.25) is 0 Å². The predicted molar refractivity (Wildman–Crippen MR) is 75.6 cm³/mol. The van der Waals surface area contributed by atoms with E-state index in [4.69, 9.17) is 20.2 Å². The van der Waals surface area contributed by atoms with E-state index < -0.39 is 9.05 Å². The van der Waals surface area contributed by atoms with Gasteiger partial charge in [-0.1, -0.05) is 0 Å². The fraction of sp³-hybridized carbons (Fsp3) is 0.538. The topological polar surface area (TPSA) is 52.6 Å². The van der Waals surface area contributed by atoms with Crippen LogP contribution in [0.3, 0.4) is 0 Å². The summed E-state index contributed by atoms with van der Waals surface area (Å²) < 4.78 is 33.5. The third-order valence-corrected chi connectivity index (χ3v) is 3.93. The first-order valence-corrected chi connectivity index (χ1v) is 8.43. The van der Waals surface area contributed by atoms with Crippen molar-refractivity contribution in [2.75, 3.05) is 19.8 Å². The summed E-state index contributed by atoms with van der Waals surface area (Å²) >= 11 is 0. The van der Waals surface area contributed by atoms with Crippen molar-refractivity contribution < 1.29 is 17.9 Å². The minimum absolute atomic E-state index is 0.103. The van der Waals surface area contributed by atoms with E-state index >= 15 is 0 Å². The van der Waals surface area contributed by atoms with Gasteiger partial charge in [0, 0.05) is 30.3 Å². The molecule has 1 rings (SSSR count). The van der Waals surface area contributed by atoms with Crippen LogP contribution < -0.4 is 4.74 Å². The lowest BCUT2D eigenvalue weighted by molar-refractivity contribution is 0.130. The number of benzene rings is 1. The average molecular weight is 307 g/mol. The molecule has 19 heavy (non-hydrogen) atoms. The van der Waals surface area contributed by atoms with Crippen LogP contribution in [-0.2, 0) is 13.8 Å². The first-order valence-electron chi connectivity index (χ1n) is 6.12. The van der Waals surface area contributed by atoms with Crippen molar-refractivity contribution in [1.29, 1.82) is 0 Å². The van der Waals surface area contributed by atoms with Gasteiger partial charge in [-0.3, -0.25) is 0 Å². The monoisotopic (exact) mass is 306 g/mol. The highest BCUT2D eigenvalue weighted by atomic mass is 35.7. The van der Waals surface area contributed by atoms with Crippen LogP contribution in [0.25, 0.3) is 0 Å². The number of ether oxygens (including phenoxy) is 2. The largest absolute Gasteiger partial charge is 0.493 e. The van der Waals surface area contributed by atoms with Crippen LogP contribution in [0.15, 0.2) is 17.0 Å². The van der Waals surface area contributed by atoms with Crippen molar-refractivity contribution in [3.63, 3.8) is 0 Å². The molecule has 1 aromatic rings. The fourth-order valence-corrected chi connectivity index (χ4v) is 2.66. The van der Waals surface area contributed by atoms with Crippen molar-refractivity contribution in [3.05, 3.63) is 23.3 Å². The molecular formula is C13H19ClO4S. The number of rotatable bonds is 7. The van der Waals surface area contributed by atoms with Gasteiger partial charge in [0.25, 0.3) is 9.05 Å². The molecule has 108 valence electrons. The minimum atomic E-state index is -3.70. The molecule has 0 fully saturated rings. The van der Waals surface area contributed by atoms with Crippen molar-refractivity contribution in [1.82, 2.24) is 0 Å². The van der Waals surface area contributed by atoms with E-state index in [1.807, 2.05) is 6.92 Å². The molecule has 0 bridgehead atoms. The zero-order valence-electron chi connectivity index (χ0n) is 11.4. The molecule has 0 unspecified atom stereocenters. The zero-order valence-corrected chi connectivity index (χ0v) is 13.0. The highest BCUT2D eigenvalue weighted by Gasteiger charge is 2.14. The highest BCUT2D eigenvalue weighted by Crippen LogP contribution is 2.28. The third kappa shape index (κ3) is 5.01. The first-order chi connectivity index (χ1) is 8.86. The number of hydrogen-bond acceptors (Lipinski definition) is 4. The molecule has 0 spiro atoms. The van der Waals surface area contributed by atoms with E-state index in [2.05, 4.69) is 0 Å². The summed E-state index contributed by atoms with van der Waals surface area (Å²) in [6, 6.07) is 3.04. The summed E-state index contributed by atoms with van der Waals surface area (Å²) in [5.74, 6) is 0.709. The predicted octanol–water partition coefficient (Wildman–Crippen LogP) is 3.04. The lowest BCUT2D eigenvalue weighted by Gasteiger charge is -2.13. The summed E-state index contributed by atoms with van der Waals surface area (Å²) in [6.45, 7) is 7.44. The molecule has 0 aromatic heterocycles. The van der Waals surface area contributed by atoms with Gasteiger partial charge in [0.05, 0.1) is 11.5 Å². The zero-order chi connectivity index (χ0) is 14.5. The highest BCUT2D eigenvalue weighted by molar-refractivity contribution is 8.13. The molecule has 0 heterocycles. The van der Waals surface area contributed by atoms with Crippen LogP contribution in [-0.4, -0.2) is 28.2 Å². The van der Waals surface area contributed by atoms with Crippen molar-refractivity contribution in [2.45, 2.75) is 32.1 Å². The minimum Gasteiger partial charge on any atom is -0.493 e. The second kappa shape index (κ2) is 7.12. The van der Waals surface area contributed by atoms with Gasteiger partial charge in [-0.25, -0.2) is 8.42 Å². The standard InChI is InChI=1S/C13H19ClO4S/c1-4-17-6-5-7-18-13-10(2)8-12(9-11(13)3)19(14,15)16/h8-9H,4-7H2,1-3H3. The van der Waals surface area contributed by atoms with Crippen LogP contribution in [0, 0.1) is 13.8 Å². The van der Waals surface area contributed by atoms with Crippen molar-refractivity contribution in [3.8, 4) is 5.75 Å². The Morgan fingerprint density at radius 2 is 1.74 bits per heavy atom. The summed E-state index contributed by atoms with van der Waals surface area (Å²) in [6.07, 6.45) is 0.794. The second-order valence-corrected chi connectivity index (χ2v) is 6.79. The molecular weight excluding hydrogens is 288 g/mol. The van der Waals surface area contributed by atoms with Gasteiger partial charge in [0.15, 0.2) is 0 Å². The Labute approximate surface area is 119 Å². The first kappa shape index (κ1) is 16.3. The van der Waals surface area contributed by atoms with E-state index in [0.29, 0.717) is 25.6 Å². The molecule has 0 N–H and O–H groups in total. The van der Waals surface area contributed by atoms with Gasteiger partial charge >= 0.3 is 0 Å². The summed E-state index contributed by atoms with van der Waals surface area (Å²) in [5.41, 5.74) is 1.52. The molecule has 6 heteroatoms. The van der Waals surface area contributed by atoms with Gasteiger partial charge in [-0.15, -0.1) is 0 Å². The van der Waals surface area contributed by atoms with E-state index in [1.165, 1.54) is 12.1 Å². The van der Waals surface area contributed by atoms with Gasteiger partial charge in [0.1, 0.15) is 5.75 Å². The smallest absolute Gasteiger partial charge is 0.261 e. The molecule has 0 saturated carbocycles. The molecule has 0 radical (unpaired) electrons.